The molecule has 7 heteroatoms. The highest BCUT2D eigenvalue weighted by Gasteiger charge is 2.39. The Morgan fingerprint density at radius 3 is 2.13 bits per heavy atom. The van der Waals surface area contributed by atoms with Crippen LogP contribution in [0.4, 0.5) is 0 Å². The first-order chi connectivity index (χ1) is 21.4. The van der Waals surface area contributed by atoms with Crippen LogP contribution in [-0.2, 0) is 26.1 Å². The van der Waals surface area contributed by atoms with Gasteiger partial charge in [-0.15, -0.1) is 12.3 Å². The predicted octanol–water partition coefficient (Wildman–Crippen LogP) is 7.61. The standard InChI is InChI=1S/C38H47NO5S/c1-8-9-12-17-27(2)22-23-35(40)31(6)38(41)44-36(34-20-15-11-16-21-34)32(7)39(26-33-18-13-10-14-19-33)45(42,43)37-29(4)24-28(3)25-30(37)5/h1,10-11,13-16,18-21,24-25,31-32,35-36,40H,2,9,12,17,22-23,26H2,3-7H3/t31-,32+,35-,36+/m1/s1. The van der Waals surface area contributed by atoms with Gasteiger partial charge in [-0.3, -0.25) is 4.79 Å². The first-order valence-electron chi connectivity index (χ1n) is 15.5. The van der Waals surface area contributed by atoms with Gasteiger partial charge in [0.25, 0.3) is 0 Å². The molecule has 0 aromatic heterocycles. The average Bonchev–Trinajstić information content (AvgIpc) is 3.00. The number of aliphatic hydroxyl groups excluding tert-OH is 1. The van der Waals surface area contributed by atoms with E-state index in [9.17, 15) is 18.3 Å². The van der Waals surface area contributed by atoms with E-state index in [2.05, 4.69) is 12.5 Å². The SMILES string of the molecule is C#CCCCC(=C)CC[C@@H](O)[C@@H](C)C(=O)O[C@H](c1ccccc1)[C@H](C)N(Cc1ccccc1)S(=O)(=O)c1c(C)cc(C)cc1C. The lowest BCUT2D eigenvalue weighted by Gasteiger charge is -2.35. The molecule has 0 saturated heterocycles. The summed E-state index contributed by atoms with van der Waals surface area (Å²) < 4.78 is 36.7. The number of esters is 1. The van der Waals surface area contributed by atoms with E-state index in [1.807, 2.05) is 79.7 Å². The summed E-state index contributed by atoms with van der Waals surface area (Å²) in [5.41, 5.74) is 4.73. The molecule has 3 rings (SSSR count). The highest BCUT2D eigenvalue weighted by Crippen LogP contribution is 2.34. The van der Waals surface area contributed by atoms with Crippen molar-refractivity contribution >= 4 is 16.0 Å². The van der Waals surface area contributed by atoms with Gasteiger partial charge in [0.1, 0.15) is 6.10 Å². The number of aliphatic hydroxyl groups is 1. The first kappa shape index (κ1) is 35.8. The third-order valence-corrected chi connectivity index (χ3v) is 10.4. The van der Waals surface area contributed by atoms with Crippen LogP contribution in [0.1, 0.15) is 79.9 Å². The summed E-state index contributed by atoms with van der Waals surface area (Å²) in [6.45, 7) is 13.1. The first-order valence-corrected chi connectivity index (χ1v) is 17.0. The number of sulfonamides is 1. The van der Waals surface area contributed by atoms with E-state index in [0.717, 1.165) is 29.5 Å². The number of nitrogens with zero attached hydrogens (tertiary/aromatic N) is 1. The second kappa shape index (κ2) is 16.6. The largest absolute Gasteiger partial charge is 0.455 e. The van der Waals surface area contributed by atoms with Gasteiger partial charge in [-0.05, 0) is 82.6 Å². The van der Waals surface area contributed by atoms with Crippen LogP contribution in [-0.4, -0.2) is 35.9 Å². The lowest BCUT2D eigenvalue weighted by atomic mass is 9.96. The van der Waals surface area contributed by atoms with E-state index < -0.39 is 40.2 Å². The van der Waals surface area contributed by atoms with E-state index in [-0.39, 0.29) is 11.4 Å². The number of aryl methyl sites for hydroxylation is 3. The minimum Gasteiger partial charge on any atom is -0.455 e. The number of hydrogen-bond donors (Lipinski definition) is 1. The van der Waals surface area contributed by atoms with Crippen molar-refractivity contribution < 1.29 is 23.1 Å². The Morgan fingerprint density at radius 1 is 0.978 bits per heavy atom. The lowest BCUT2D eigenvalue weighted by Crippen LogP contribution is -2.44. The van der Waals surface area contributed by atoms with Gasteiger partial charge < -0.3 is 9.84 Å². The fourth-order valence-corrected chi connectivity index (χ4v) is 7.73. The van der Waals surface area contributed by atoms with Crippen molar-refractivity contribution in [1.82, 2.24) is 4.31 Å². The maximum Gasteiger partial charge on any atom is 0.311 e. The molecular formula is C38H47NO5S. The van der Waals surface area contributed by atoms with Crippen LogP contribution in [0.3, 0.4) is 0 Å². The molecule has 0 unspecified atom stereocenters. The minimum absolute atomic E-state index is 0.0813. The summed E-state index contributed by atoms with van der Waals surface area (Å²) >= 11 is 0. The molecular weight excluding hydrogens is 582 g/mol. The van der Waals surface area contributed by atoms with Crippen LogP contribution in [0.15, 0.2) is 89.8 Å². The average molecular weight is 630 g/mol. The molecule has 0 bridgehead atoms. The third kappa shape index (κ3) is 9.64. The predicted molar refractivity (Wildman–Crippen MR) is 181 cm³/mol. The van der Waals surface area contributed by atoms with Crippen LogP contribution in [0.25, 0.3) is 0 Å². The Morgan fingerprint density at radius 2 is 1.56 bits per heavy atom. The molecule has 0 aliphatic carbocycles. The van der Waals surface area contributed by atoms with E-state index in [0.29, 0.717) is 36.0 Å². The number of terminal acetylenes is 1. The normalized spacial score (nSPS) is 14.3. The molecule has 0 fully saturated rings. The summed E-state index contributed by atoms with van der Waals surface area (Å²) in [7, 11) is -4.06. The fraction of sp³-hybridized carbons (Fsp3) is 0.395. The van der Waals surface area contributed by atoms with Crippen molar-refractivity contribution in [3.8, 4) is 12.3 Å². The fourth-order valence-electron chi connectivity index (χ4n) is 5.70. The highest BCUT2D eigenvalue weighted by molar-refractivity contribution is 7.89. The number of carbonyl (C=O) groups excluding carboxylic acids is 1. The highest BCUT2D eigenvalue weighted by atomic mass is 32.2. The lowest BCUT2D eigenvalue weighted by molar-refractivity contribution is -0.160. The second-order valence-electron chi connectivity index (χ2n) is 12.0. The smallest absolute Gasteiger partial charge is 0.311 e. The molecule has 6 nitrogen and oxygen atoms in total. The Balaban J connectivity index is 1.96. The molecule has 3 aromatic rings. The van der Waals surface area contributed by atoms with Gasteiger partial charge in [-0.1, -0.05) is 90.5 Å². The molecule has 0 spiro atoms. The van der Waals surface area contributed by atoms with Gasteiger partial charge in [0.15, 0.2) is 0 Å². The molecule has 0 saturated carbocycles. The zero-order valence-corrected chi connectivity index (χ0v) is 28.0. The number of benzene rings is 3. The van der Waals surface area contributed by atoms with Crippen molar-refractivity contribution in [3.63, 3.8) is 0 Å². The quantitative estimate of drug-likeness (QED) is 0.0763. The number of carbonyl (C=O) groups is 1. The molecule has 0 radical (unpaired) electrons. The van der Waals surface area contributed by atoms with Crippen molar-refractivity contribution in [2.75, 3.05) is 0 Å². The van der Waals surface area contributed by atoms with Gasteiger partial charge in [0.2, 0.25) is 10.0 Å². The van der Waals surface area contributed by atoms with Gasteiger partial charge in [-0.25, -0.2) is 8.42 Å². The molecule has 0 heterocycles. The number of unbranched alkanes of at least 4 members (excludes halogenated alkanes) is 1. The summed E-state index contributed by atoms with van der Waals surface area (Å²) in [5, 5.41) is 10.9. The van der Waals surface area contributed by atoms with Gasteiger partial charge >= 0.3 is 5.97 Å². The molecule has 0 aliphatic heterocycles. The van der Waals surface area contributed by atoms with Crippen molar-refractivity contribution in [1.29, 1.82) is 0 Å². The maximum atomic E-state index is 14.6. The van der Waals surface area contributed by atoms with E-state index in [1.165, 1.54) is 4.31 Å². The van der Waals surface area contributed by atoms with Gasteiger partial charge in [0, 0.05) is 13.0 Å². The van der Waals surface area contributed by atoms with E-state index in [4.69, 9.17) is 11.2 Å². The topological polar surface area (TPSA) is 83.9 Å². The minimum atomic E-state index is -4.06. The summed E-state index contributed by atoms with van der Waals surface area (Å²) in [5.74, 6) is 1.19. The second-order valence-corrected chi connectivity index (χ2v) is 13.8. The molecule has 1 N–H and O–H groups in total. The molecule has 0 amide bonds. The Hall–Kier alpha value is -3.70. The molecule has 240 valence electrons. The summed E-state index contributed by atoms with van der Waals surface area (Å²) in [6.07, 6.45) is 6.66. The third-order valence-electron chi connectivity index (χ3n) is 8.21. The van der Waals surface area contributed by atoms with Crippen LogP contribution in [0.2, 0.25) is 0 Å². The van der Waals surface area contributed by atoms with E-state index in [1.54, 1.807) is 27.7 Å². The number of allylic oxidation sites excluding steroid dienone is 1. The molecule has 3 aromatic carbocycles. The maximum absolute atomic E-state index is 14.6. The molecule has 4 atom stereocenters. The van der Waals surface area contributed by atoms with Gasteiger partial charge in [-0.2, -0.15) is 4.31 Å². The van der Waals surface area contributed by atoms with Gasteiger partial charge in [0.05, 0.1) is 23.0 Å². The Labute approximate surface area is 270 Å². The van der Waals surface area contributed by atoms with Crippen LogP contribution < -0.4 is 0 Å². The summed E-state index contributed by atoms with van der Waals surface area (Å²) in [6, 6.07) is 21.5. The molecule has 0 aliphatic rings. The van der Waals surface area contributed by atoms with Crippen LogP contribution in [0.5, 0.6) is 0 Å². The number of ether oxygens (including phenoxy) is 1. The molecule has 45 heavy (non-hydrogen) atoms. The Bertz CT molecular complexity index is 1550. The van der Waals surface area contributed by atoms with Crippen molar-refractivity contribution in [2.45, 2.75) is 96.4 Å². The van der Waals surface area contributed by atoms with E-state index >= 15 is 0 Å². The Kier molecular flexibility index (Phi) is 13.2. The van der Waals surface area contributed by atoms with Crippen LogP contribution >= 0.6 is 0 Å². The van der Waals surface area contributed by atoms with Crippen molar-refractivity contribution in [2.24, 2.45) is 5.92 Å². The number of hydrogen-bond acceptors (Lipinski definition) is 5. The van der Waals surface area contributed by atoms with Crippen LogP contribution in [0, 0.1) is 39.0 Å². The number of rotatable bonds is 16. The zero-order chi connectivity index (χ0) is 33.1. The summed E-state index contributed by atoms with van der Waals surface area (Å²) in [4.78, 5) is 13.8. The zero-order valence-electron chi connectivity index (χ0n) is 27.2. The van der Waals surface area contributed by atoms with Crippen molar-refractivity contribution in [3.05, 3.63) is 113 Å². The monoisotopic (exact) mass is 629 g/mol.